The molecule has 1 unspecified atom stereocenters. The lowest BCUT2D eigenvalue weighted by Gasteiger charge is -2.59. The molecule has 3 saturated carbocycles. The maximum Gasteiger partial charge on any atom is 0.325 e. The van der Waals surface area contributed by atoms with E-state index in [2.05, 4.69) is 40.7 Å². The molecule has 4 nitrogen and oxygen atoms in total. The Morgan fingerprint density at radius 2 is 1.85 bits per heavy atom. The second-order valence-corrected chi connectivity index (χ2v) is 13.8. The summed E-state index contributed by atoms with van der Waals surface area (Å²) in [6, 6.07) is 0. The lowest BCUT2D eigenvalue weighted by atomic mass is 9.46. The number of nitrogens with two attached hydrogens (primary N) is 2. The molecule has 0 aromatic rings. The van der Waals surface area contributed by atoms with Crippen LogP contribution in [0.4, 0.5) is 0 Å². The smallest absolute Gasteiger partial charge is 0.325 e. The zero-order valence-corrected chi connectivity index (χ0v) is 22.6. The minimum Gasteiger partial charge on any atom is -0.480 e. The summed E-state index contributed by atoms with van der Waals surface area (Å²) in [5.41, 5.74) is 13.1. The molecule has 0 bridgehead atoms. The van der Waals surface area contributed by atoms with Gasteiger partial charge in [-0.1, -0.05) is 65.5 Å². The Bertz CT molecular complexity index is 793. The molecule has 0 radical (unpaired) electrons. The summed E-state index contributed by atoms with van der Waals surface area (Å²) < 4.78 is 0. The molecule has 0 aromatic carbocycles. The third-order valence-corrected chi connectivity index (χ3v) is 11.8. The van der Waals surface area contributed by atoms with Gasteiger partial charge in [-0.2, -0.15) is 0 Å². The first-order valence-corrected chi connectivity index (χ1v) is 14.4. The zero-order valence-electron chi connectivity index (χ0n) is 22.6. The van der Waals surface area contributed by atoms with E-state index in [-0.39, 0.29) is 17.9 Å². The first-order chi connectivity index (χ1) is 16.0. The summed E-state index contributed by atoms with van der Waals surface area (Å²) in [6.07, 6.45) is 16.2. The lowest BCUT2D eigenvalue weighted by Crippen LogP contribution is -2.61. The third-order valence-electron chi connectivity index (χ3n) is 11.8. The van der Waals surface area contributed by atoms with E-state index in [0.29, 0.717) is 5.41 Å². The molecular weight excluding hydrogens is 420 g/mol. The fraction of sp³-hybridized carbons (Fsp3) is 0.900. The van der Waals surface area contributed by atoms with Gasteiger partial charge in [0, 0.05) is 6.54 Å². The largest absolute Gasteiger partial charge is 0.480 e. The summed E-state index contributed by atoms with van der Waals surface area (Å²) in [4.78, 5) is 11.9. The first kappa shape index (κ1) is 26.2. The van der Waals surface area contributed by atoms with Crippen molar-refractivity contribution in [3.8, 4) is 0 Å². The van der Waals surface area contributed by atoms with Gasteiger partial charge in [-0.3, -0.25) is 4.79 Å². The van der Waals surface area contributed by atoms with Gasteiger partial charge < -0.3 is 16.6 Å². The van der Waals surface area contributed by atoms with Crippen LogP contribution in [0.2, 0.25) is 0 Å². The van der Waals surface area contributed by atoms with E-state index in [4.69, 9.17) is 11.5 Å². The standard InChI is InChI=1S/C30H52N2O2/c1-19(2)7-6-8-20(3)24-11-12-25-23-10-9-21-17-22(30(32,18-31)27(33)34)13-15-28(21,4)26(23)14-16-29(24,25)5/h9,19-20,22-26H,6-8,10-18,31-32H2,1-5H3,(H,33,34)/t20-,22+,23+,24-,25+,26+,28+,29-,30?/m1/s1. The van der Waals surface area contributed by atoms with Crippen LogP contribution < -0.4 is 11.5 Å². The number of aliphatic carboxylic acids is 1. The minimum absolute atomic E-state index is 0.0141. The lowest BCUT2D eigenvalue weighted by molar-refractivity contribution is -0.146. The van der Waals surface area contributed by atoms with Crippen LogP contribution in [0, 0.1) is 52.3 Å². The third kappa shape index (κ3) is 4.19. The average molecular weight is 473 g/mol. The molecule has 0 heterocycles. The molecule has 0 aliphatic heterocycles. The summed E-state index contributed by atoms with van der Waals surface area (Å²) in [7, 11) is 0. The summed E-state index contributed by atoms with van der Waals surface area (Å²) >= 11 is 0. The van der Waals surface area contributed by atoms with Gasteiger partial charge in [0.25, 0.3) is 0 Å². The molecule has 5 N–H and O–H groups in total. The van der Waals surface area contributed by atoms with Gasteiger partial charge in [0.15, 0.2) is 0 Å². The highest BCUT2D eigenvalue weighted by Gasteiger charge is 2.60. The van der Waals surface area contributed by atoms with Crippen molar-refractivity contribution in [1.82, 2.24) is 0 Å². The van der Waals surface area contributed by atoms with E-state index in [1.54, 1.807) is 0 Å². The van der Waals surface area contributed by atoms with Crippen molar-refractivity contribution in [2.24, 2.45) is 63.7 Å². The molecule has 0 amide bonds. The second kappa shape index (κ2) is 9.54. The fourth-order valence-corrected chi connectivity index (χ4v) is 9.55. The average Bonchev–Trinajstić information content (AvgIpc) is 3.14. The molecule has 4 heteroatoms. The van der Waals surface area contributed by atoms with Crippen LogP contribution in [-0.4, -0.2) is 23.2 Å². The number of allylic oxidation sites excluding steroid dienone is 2. The van der Waals surface area contributed by atoms with E-state index >= 15 is 0 Å². The van der Waals surface area contributed by atoms with Gasteiger partial charge in [0.1, 0.15) is 5.54 Å². The van der Waals surface area contributed by atoms with Gasteiger partial charge in [-0.05, 0) is 104 Å². The molecule has 0 aromatic heterocycles. The van der Waals surface area contributed by atoms with Crippen molar-refractivity contribution in [1.29, 1.82) is 0 Å². The monoisotopic (exact) mass is 472 g/mol. The maximum absolute atomic E-state index is 11.9. The predicted molar refractivity (Wildman–Crippen MR) is 140 cm³/mol. The quantitative estimate of drug-likeness (QED) is 0.357. The van der Waals surface area contributed by atoms with Crippen LogP contribution in [0.3, 0.4) is 0 Å². The van der Waals surface area contributed by atoms with Crippen LogP contribution in [0.25, 0.3) is 0 Å². The van der Waals surface area contributed by atoms with Crippen molar-refractivity contribution < 1.29 is 9.90 Å². The van der Waals surface area contributed by atoms with Crippen molar-refractivity contribution in [3.63, 3.8) is 0 Å². The molecule has 0 saturated heterocycles. The molecule has 4 rings (SSSR count). The Morgan fingerprint density at radius 1 is 1.12 bits per heavy atom. The molecule has 4 aliphatic carbocycles. The van der Waals surface area contributed by atoms with Crippen LogP contribution in [0.1, 0.15) is 105 Å². The molecule has 34 heavy (non-hydrogen) atoms. The van der Waals surface area contributed by atoms with Gasteiger partial charge in [0.05, 0.1) is 0 Å². The molecule has 9 atom stereocenters. The van der Waals surface area contributed by atoms with Crippen molar-refractivity contribution in [3.05, 3.63) is 11.6 Å². The Morgan fingerprint density at radius 3 is 2.50 bits per heavy atom. The SMILES string of the molecule is CC(C)CCC[C@@H](C)[C@H]1CC[C@H]2[C@@H]3CC=C4C[C@@H](C(N)(CN)C(=O)O)CC[C@]4(C)[C@H]3CC[C@]12C. The number of hydrogen-bond donors (Lipinski definition) is 3. The van der Waals surface area contributed by atoms with Gasteiger partial charge in [-0.15, -0.1) is 0 Å². The van der Waals surface area contributed by atoms with E-state index in [9.17, 15) is 9.90 Å². The zero-order chi connectivity index (χ0) is 24.9. The highest BCUT2D eigenvalue weighted by atomic mass is 16.4. The number of hydrogen-bond acceptors (Lipinski definition) is 3. The van der Waals surface area contributed by atoms with Gasteiger partial charge >= 0.3 is 5.97 Å². The normalized spacial score (nSPS) is 42.2. The Hall–Kier alpha value is -0.870. The first-order valence-electron chi connectivity index (χ1n) is 14.4. The van der Waals surface area contributed by atoms with E-state index in [1.807, 2.05) is 0 Å². The summed E-state index contributed by atoms with van der Waals surface area (Å²) in [5.74, 6) is 3.96. The van der Waals surface area contributed by atoms with Crippen LogP contribution in [-0.2, 0) is 4.79 Å². The van der Waals surface area contributed by atoms with E-state index < -0.39 is 11.5 Å². The summed E-state index contributed by atoms with van der Waals surface area (Å²) in [5, 5.41) is 9.79. The highest BCUT2D eigenvalue weighted by Crippen LogP contribution is 2.67. The molecular formula is C30H52N2O2. The van der Waals surface area contributed by atoms with Gasteiger partial charge in [-0.25, -0.2) is 0 Å². The molecule has 3 fully saturated rings. The van der Waals surface area contributed by atoms with Crippen molar-refractivity contribution >= 4 is 5.97 Å². The van der Waals surface area contributed by atoms with Gasteiger partial charge in [0.2, 0.25) is 0 Å². The number of carboxylic acid groups (broad SMARTS) is 1. The predicted octanol–water partition coefficient (Wildman–Crippen LogP) is 6.38. The minimum atomic E-state index is -1.30. The Balaban J connectivity index is 1.50. The molecule has 4 aliphatic rings. The summed E-state index contributed by atoms with van der Waals surface area (Å²) in [6.45, 7) is 12.4. The van der Waals surface area contributed by atoms with Crippen molar-refractivity contribution in [2.45, 2.75) is 111 Å². The number of carboxylic acids is 1. The van der Waals surface area contributed by atoms with Crippen LogP contribution >= 0.6 is 0 Å². The number of fused-ring (bicyclic) bond motifs is 5. The maximum atomic E-state index is 11.9. The van der Waals surface area contributed by atoms with Crippen LogP contribution in [0.15, 0.2) is 11.6 Å². The Kier molecular flexibility index (Phi) is 7.35. The van der Waals surface area contributed by atoms with E-state index in [0.717, 1.165) is 54.8 Å². The topological polar surface area (TPSA) is 89.3 Å². The Labute approximate surface area is 208 Å². The second-order valence-electron chi connectivity index (χ2n) is 13.8. The molecule has 0 spiro atoms. The van der Waals surface area contributed by atoms with Crippen molar-refractivity contribution in [2.75, 3.05) is 6.54 Å². The van der Waals surface area contributed by atoms with E-state index in [1.165, 1.54) is 56.9 Å². The number of rotatable bonds is 8. The highest BCUT2D eigenvalue weighted by molar-refractivity contribution is 5.79. The fourth-order valence-electron chi connectivity index (χ4n) is 9.55. The molecule has 194 valence electrons. The number of carbonyl (C=O) groups is 1. The van der Waals surface area contributed by atoms with Crippen LogP contribution in [0.5, 0.6) is 0 Å².